The first-order chi connectivity index (χ1) is 9.19. The summed E-state index contributed by atoms with van der Waals surface area (Å²) in [4.78, 5) is 6.89. The standard InChI is InChI=1S/C15H25N3O/c1-3-13-9-16-14(19-13)10-18-8-4-7-17-15(2,11-18)12-5-6-12/h9,12,17H,3-8,10-11H2,1-2H3. The van der Waals surface area contributed by atoms with Crippen LogP contribution in [0.2, 0.25) is 0 Å². The minimum atomic E-state index is 0.288. The van der Waals surface area contributed by atoms with Crippen LogP contribution in [0.25, 0.3) is 0 Å². The second-order valence-corrected chi connectivity index (χ2v) is 6.26. The summed E-state index contributed by atoms with van der Waals surface area (Å²) in [6, 6.07) is 0. The SMILES string of the molecule is CCc1cnc(CN2CCCNC(C)(C3CC3)C2)o1. The third-order valence-electron chi connectivity index (χ3n) is 4.52. The van der Waals surface area contributed by atoms with E-state index in [1.165, 1.54) is 19.3 Å². The predicted octanol–water partition coefficient (Wildman–Crippen LogP) is 2.20. The Morgan fingerprint density at radius 3 is 3.05 bits per heavy atom. The average Bonchev–Trinajstić information content (AvgIpc) is 3.18. The molecule has 2 heterocycles. The number of hydrogen-bond donors (Lipinski definition) is 1. The summed E-state index contributed by atoms with van der Waals surface area (Å²) in [6.07, 6.45) is 6.77. The molecule has 1 unspecified atom stereocenters. The monoisotopic (exact) mass is 263 g/mol. The Bertz CT molecular complexity index is 427. The van der Waals surface area contributed by atoms with Crippen LogP contribution in [0.15, 0.2) is 10.6 Å². The quantitative estimate of drug-likeness (QED) is 0.904. The molecule has 0 radical (unpaired) electrons. The van der Waals surface area contributed by atoms with E-state index in [1.54, 1.807) is 0 Å². The van der Waals surface area contributed by atoms with Gasteiger partial charge in [0.15, 0.2) is 0 Å². The van der Waals surface area contributed by atoms with Gasteiger partial charge in [-0.2, -0.15) is 0 Å². The zero-order valence-corrected chi connectivity index (χ0v) is 12.1. The van der Waals surface area contributed by atoms with Crippen molar-refractivity contribution >= 4 is 0 Å². The van der Waals surface area contributed by atoms with Gasteiger partial charge < -0.3 is 9.73 Å². The lowest BCUT2D eigenvalue weighted by Crippen LogP contribution is -2.50. The van der Waals surface area contributed by atoms with Gasteiger partial charge in [0.25, 0.3) is 0 Å². The molecule has 1 saturated heterocycles. The molecule has 1 saturated carbocycles. The number of oxazole rings is 1. The Kier molecular flexibility index (Phi) is 3.63. The van der Waals surface area contributed by atoms with Gasteiger partial charge in [0.1, 0.15) is 5.76 Å². The third-order valence-corrected chi connectivity index (χ3v) is 4.52. The molecule has 1 aromatic rings. The van der Waals surface area contributed by atoms with E-state index < -0.39 is 0 Å². The van der Waals surface area contributed by atoms with E-state index in [9.17, 15) is 0 Å². The fourth-order valence-corrected chi connectivity index (χ4v) is 3.18. The van der Waals surface area contributed by atoms with Crippen molar-refractivity contribution in [3.8, 4) is 0 Å². The van der Waals surface area contributed by atoms with Crippen LogP contribution in [0.4, 0.5) is 0 Å². The highest BCUT2D eigenvalue weighted by atomic mass is 16.4. The lowest BCUT2D eigenvalue weighted by atomic mass is 9.95. The van der Waals surface area contributed by atoms with E-state index >= 15 is 0 Å². The number of aromatic nitrogens is 1. The first-order valence-corrected chi connectivity index (χ1v) is 7.60. The fourth-order valence-electron chi connectivity index (χ4n) is 3.18. The van der Waals surface area contributed by atoms with Crippen molar-refractivity contribution in [2.75, 3.05) is 19.6 Å². The van der Waals surface area contributed by atoms with Crippen LogP contribution in [-0.2, 0) is 13.0 Å². The van der Waals surface area contributed by atoms with Crippen LogP contribution in [0, 0.1) is 5.92 Å². The Labute approximate surface area is 115 Å². The summed E-state index contributed by atoms with van der Waals surface area (Å²) in [5.41, 5.74) is 0.288. The van der Waals surface area contributed by atoms with Crippen LogP contribution in [0.3, 0.4) is 0 Å². The summed E-state index contributed by atoms with van der Waals surface area (Å²) in [5.74, 6) is 2.73. The van der Waals surface area contributed by atoms with Crippen LogP contribution < -0.4 is 5.32 Å². The first kappa shape index (κ1) is 13.1. The fraction of sp³-hybridized carbons (Fsp3) is 0.800. The highest BCUT2D eigenvalue weighted by Gasteiger charge is 2.42. The van der Waals surface area contributed by atoms with Crippen molar-refractivity contribution in [1.29, 1.82) is 0 Å². The number of nitrogens with zero attached hydrogens (tertiary/aromatic N) is 2. The van der Waals surface area contributed by atoms with Crippen molar-refractivity contribution in [2.24, 2.45) is 5.92 Å². The van der Waals surface area contributed by atoms with E-state index in [0.29, 0.717) is 0 Å². The summed E-state index contributed by atoms with van der Waals surface area (Å²) in [5, 5.41) is 3.76. The number of rotatable bonds is 4. The van der Waals surface area contributed by atoms with Gasteiger partial charge in [-0.25, -0.2) is 4.98 Å². The second-order valence-electron chi connectivity index (χ2n) is 6.26. The van der Waals surface area contributed by atoms with Gasteiger partial charge >= 0.3 is 0 Å². The van der Waals surface area contributed by atoms with Gasteiger partial charge in [0.05, 0.1) is 12.7 Å². The molecule has 2 fully saturated rings. The molecule has 1 atom stereocenters. The maximum absolute atomic E-state index is 5.75. The molecule has 2 aliphatic rings. The normalized spacial score (nSPS) is 29.4. The van der Waals surface area contributed by atoms with E-state index in [2.05, 4.69) is 29.0 Å². The smallest absolute Gasteiger partial charge is 0.208 e. The van der Waals surface area contributed by atoms with Gasteiger partial charge in [0, 0.05) is 18.5 Å². The number of nitrogens with one attached hydrogen (secondary N) is 1. The number of aryl methyl sites for hydroxylation is 1. The van der Waals surface area contributed by atoms with Crippen molar-refractivity contribution in [2.45, 2.75) is 51.6 Å². The highest BCUT2D eigenvalue weighted by molar-refractivity contribution is 5.02. The van der Waals surface area contributed by atoms with Crippen LogP contribution in [-0.4, -0.2) is 35.1 Å². The summed E-state index contributed by atoms with van der Waals surface area (Å²) < 4.78 is 5.75. The largest absolute Gasteiger partial charge is 0.444 e. The Morgan fingerprint density at radius 2 is 2.37 bits per heavy atom. The predicted molar refractivity (Wildman–Crippen MR) is 74.9 cm³/mol. The molecule has 0 aromatic carbocycles. The van der Waals surface area contributed by atoms with Crippen molar-refractivity contribution in [1.82, 2.24) is 15.2 Å². The minimum absolute atomic E-state index is 0.288. The van der Waals surface area contributed by atoms with Gasteiger partial charge in [-0.3, -0.25) is 4.90 Å². The molecule has 0 spiro atoms. The highest BCUT2D eigenvalue weighted by Crippen LogP contribution is 2.40. The van der Waals surface area contributed by atoms with Gasteiger partial charge in [0.2, 0.25) is 5.89 Å². The molecular weight excluding hydrogens is 238 g/mol. The van der Waals surface area contributed by atoms with E-state index in [0.717, 1.165) is 50.2 Å². The van der Waals surface area contributed by atoms with Crippen LogP contribution >= 0.6 is 0 Å². The number of hydrogen-bond acceptors (Lipinski definition) is 4. The lowest BCUT2D eigenvalue weighted by molar-refractivity contribution is 0.180. The average molecular weight is 263 g/mol. The zero-order valence-electron chi connectivity index (χ0n) is 12.1. The molecule has 1 aliphatic carbocycles. The summed E-state index contributed by atoms with van der Waals surface area (Å²) >= 11 is 0. The Hall–Kier alpha value is -0.870. The molecule has 19 heavy (non-hydrogen) atoms. The molecule has 3 rings (SSSR count). The molecular formula is C15H25N3O. The Morgan fingerprint density at radius 1 is 1.53 bits per heavy atom. The van der Waals surface area contributed by atoms with Gasteiger partial charge in [-0.15, -0.1) is 0 Å². The maximum atomic E-state index is 5.75. The lowest BCUT2D eigenvalue weighted by Gasteiger charge is -2.33. The van der Waals surface area contributed by atoms with Crippen molar-refractivity contribution in [3.05, 3.63) is 17.8 Å². The third kappa shape index (κ3) is 3.00. The Balaban J connectivity index is 1.65. The molecule has 1 aromatic heterocycles. The molecule has 106 valence electrons. The van der Waals surface area contributed by atoms with Crippen molar-refractivity contribution in [3.63, 3.8) is 0 Å². The topological polar surface area (TPSA) is 41.3 Å². The minimum Gasteiger partial charge on any atom is -0.444 e. The summed E-state index contributed by atoms with van der Waals surface area (Å²) in [6.45, 7) is 8.72. The van der Waals surface area contributed by atoms with Crippen molar-refractivity contribution < 1.29 is 4.42 Å². The van der Waals surface area contributed by atoms with Crippen LogP contribution in [0.1, 0.15) is 44.8 Å². The van der Waals surface area contributed by atoms with Gasteiger partial charge in [-0.1, -0.05) is 6.92 Å². The molecule has 0 bridgehead atoms. The molecule has 0 amide bonds. The second kappa shape index (κ2) is 5.25. The molecule has 1 aliphatic heterocycles. The molecule has 4 heteroatoms. The molecule has 4 nitrogen and oxygen atoms in total. The van der Waals surface area contributed by atoms with E-state index in [4.69, 9.17) is 4.42 Å². The summed E-state index contributed by atoms with van der Waals surface area (Å²) in [7, 11) is 0. The van der Waals surface area contributed by atoms with E-state index in [1.807, 2.05) is 6.20 Å². The zero-order chi connectivity index (χ0) is 13.3. The first-order valence-electron chi connectivity index (χ1n) is 7.60. The van der Waals surface area contributed by atoms with E-state index in [-0.39, 0.29) is 5.54 Å². The molecule has 1 N–H and O–H groups in total. The maximum Gasteiger partial charge on any atom is 0.208 e. The van der Waals surface area contributed by atoms with Crippen LogP contribution in [0.5, 0.6) is 0 Å². The van der Waals surface area contributed by atoms with Gasteiger partial charge in [-0.05, 0) is 45.2 Å².